The van der Waals surface area contributed by atoms with E-state index >= 15 is 0 Å². The molecular weight excluding hydrogens is 1640 g/mol. The summed E-state index contributed by atoms with van der Waals surface area (Å²) in [6.07, 6.45) is -38.3. The second-order valence-corrected chi connectivity index (χ2v) is 29.5. The summed E-state index contributed by atoms with van der Waals surface area (Å²) in [6.45, 7) is 4.80. The number of carboxylic acid groups (broad SMARTS) is 5. The van der Waals surface area contributed by atoms with Gasteiger partial charge < -0.3 is 173 Å². The van der Waals surface area contributed by atoms with Gasteiger partial charge in [-0.1, -0.05) is 0 Å². The van der Waals surface area contributed by atoms with Crippen molar-refractivity contribution in [2.45, 2.75) is 303 Å². The second kappa shape index (κ2) is 48.1. The van der Waals surface area contributed by atoms with E-state index in [9.17, 15) is 143 Å². The minimum atomic E-state index is -2.25. The zero-order valence-electron chi connectivity index (χ0n) is 67.8. The SMILES string of the molecule is CC(=O)NC1=COC(CO)C2OC3OC(CO)C(OC4OC(CO)C(OC5OC(CO)C(O)C(O)C5NC(C)=O)C(OC(C)C(=O)NC(C)C(=O)NC(CCC(=O)O)C(=O)NC(CCCC(N)C(=O)O)C(=O)NC(C)C(=O)NC(C(=O)O)CCCC(C(=O)O)NC(=O)C(CCC(=O)O)NC(=O)C(C)NC(=O)C(C)OC12)C4NC(C)=O)C(O)C3NC(C)=O. The Morgan fingerprint density at radius 3 is 1.37 bits per heavy atom. The number of nitrogens with one attached hydrogen (secondary N) is 12. The van der Waals surface area contributed by atoms with Crippen molar-refractivity contribution in [2.75, 3.05) is 26.4 Å². The van der Waals surface area contributed by atoms with E-state index in [-0.39, 0.29) is 18.5 Å². The van der Waals surface area contributed by atoms with Crippen LogP contribution in [0.15, 0.2) is 12.0 Å². The Labute approximate surface area is 695 Å². The lowest BCUT2D eigenvalue weighted by Crippen LogP contribution is -2.72. The van der Waals surface area contributed by atoms with Crippen LogP contribution >= 0.6 is 0 Å². The molecule has 51 heteroatoms. The van der Waals surface area contributed by atoms with Gasteiger partial charge in [-0.3, -0.25) is 71.9 Å². The number of aliphatic hydroxyl groups is 7. The van der Waals surface area contributed by atoms with Gasteiger partial charge in [0, 0.05) is 40.5 Å². The first kappa shape index (κ1) is 102. The van der Waals surface area contributed by atoms with Crippen molar-refractivity contribution in [1.29, 1.82) is 0 Å². The average Bonchev–Trinajstić information content (AvgIpc) is 0.766. The first-order chi connectivity index (χ1) is 57.2. The second-order valence-electron chi connectivity index (χ2n) is 29.5. The molecule has 5 saturated heterocycles. The van der Waals surface area contributed by atoms with Gasteiger partial charge in [-0.25, -0.2) is 9.59 Å². The van der Waals surface area contributed by atoms with Gasteiger partial charge in [0.25, 0.3) is 0 Å². The Balaban J connectivity index is 1.68. The molecule has 6 aliphatic rings. The van der Waals surface area contributed by atoms with Crippen LogP contribution in [0.1, 0.15) is 127 Å². The van der Waals surface area contributed by atoms with Crippen LogP contribution in [-0.4, -0.2) is 365 Å². The number of hydrogen-bond donors (Lipinski definition) is 25. The third-order valence-electron chi connectivity index (χ3n) is 19.8. The predicted octanol–water partition coefficient (Wildman–Crippen LogP) is -11.6. The molecule has 26 N–H and O–H groups in total. The number of ether oxygens (including phenoxy) is 9. The molecule has 29 unspecified atom stereocenters. The number of rotatable bonds is 23. The number of carbonyl (C=O) groups excluding carboxylic acids is 12. The molecule has 0 saturated carbocycles. The van der Waals surface area contributed by atoms with Gasteiger partial charge in [0.15, 0.2) is 18.9 Å². The minimum Gasteiger partial charge on any atom is -0.491 e. The highest BCUT2D eigenvalue weighted by atomic mass is 16.8. The van der Waals surface area contributed by atoms with E-state index in [1.807, 2.05) is 0 Å². The van der Waals surface area contributed by atoms with Crippen molar-refractivity contribution in [2.24, 2.45) is 5.73 Å². The molecule has 0 aromatic heterocycles. The summed E-state index contributed by atoms with van der Waals surface area (Å²) in [6, 6.07) is -21.9. The molecule has 4 bridgehead atoms. The molecule has 0 aliphatic carbocycles. The van der Waals surface area contributed by atoms with Crippen LogP contribution in [-0.2, 0) is 124 Å². The standard InChI is InChI=1S/C71H111N13O38/c1-25-59(101)81-37(17-19-46(95)96)65(107)84-39(68(112)113)15-11-14-38(67(110)111)83-60(102)27(3)75-63(105)35(13-10-12-34(72)66(108)109)82-64(106)36(16-18-45(93)94)80-58(100)26(2)74-62(104)29(5)116-57-49(79-33(9)92)71(119-44(23-88)56(57)122-69-47(77-31(7)90)51(98)50(97)41(20-85)117-69)120-54-43(22-87)118-70(48(52(54)99)78-32(8)91)121-55-42(21-86)114-24-40(76-30(6)89)53(55)115-28(4)61(103)73-25/h24-29,34-39,41-44,47-57,69-71,85-88,97-99H,10-23,72H2,1-9H3,(H,73,103)(H,74,104)(H,75,105)(H,76,89)(H,77,90)(H,78,91)(H,79,92)(H,80,100)(H,81,101)(H,82,106)(H,83,102)(H,84,107)(H,93,94)(H,95,96)(H,108,109)(H,110,111)(H,112,113). The van der Waals surface area contributed by atoms with Crippen molar-refractivity contribution in [3.05, 3.63) is 12.0 Å². The summed E-state index contributed by atoms with van der Waals surface area (Å²) in [7, 11) is 0. The first-order valence-electron chi connectivity index (χ1n) is 38.7. The number of carbonyl (C=O) groups is 17. The van der Waals surface area contributed by atoms with Crippen LogP contribution in [0.3, 0.4) is 0 Å². The van der Waals surface area contributed by atoms with Gasteiger partial charge in [0.2, 0.25) is 70.9 Å². The van der Waals surface area contributed by atoms with E-state index in [0.29, 0.717) is 0 Å². The Kier molecular flexibility index (Phi) is 40.4. The van der Waals surface area contributed by atoms with Gasteiger partial charge in [0.05, 0.1) is 32.1 Å². The summed E-state index contributed by atoms with van der Waals surface area (Å²) in [5, 5.41) is 156. The topological polar surface area (TPSA) is 786 Å². The summed E-state index contributed by atoms with van der Waals surface area (Å²) in [4.78, 5) is 226. The molecule has 5 fully saturated rings. The number of hydrogen-bond acceptors (Lipinski definition) is 34. The van der Waals surface area contributed by atoms with E-state index in [2.05, 4.69) is 63.8 Å². The maximum Gasteiger partial charge on any atom is 0.326 e. The number of nitrogens with two attached hydrogens (primary N) is 1. The Morgan fingerprint density at radius 1 is 0.459 bits per heavy atom. The number of carboxylic acids is 5. The van der Waals surface area contributed by atoms with E-state index in [0.717, 1.165) is 68.6 Å². The van der Waals surface area contributed by atoms with Crippen LogP contribution in [0, 0.1) is 0 Å². The van der Waals surface area contributed by atoms with Crippen molar-refractivity contribution in [3.8, 4) is 0 Å². The Morgan fingerprint density at radius 2 is 0.885 bits per heavy atom. The predicted molar refractivity (Wildman–Crippen MR) is 400 cm³/mol. The molecule has 6 rings (SSSR count). The molecule has 688 valence electrons. The molecule has 122 heavy (non-hydrogen) atoms. The monoisotopic (exact) mass is 1750 g/mol. The highest BCUT2D eigenvalue weighted by molar-refractivity contribution is 5.97. The summed E-state index contributed by atoms with van der Waals surface area (Å²) in [5.74, 6) is -21.6. The van der Waals surface area contributed by atoms with Gasteiger partial charge in [0.1, 0.15) is 164 Å². The quantitative estimate of drug-likeness (QED) is 0.0422. The molecule has 51 nitrogen and oxygen atoms in total. The fraction of sp³-hybridized carbons (Fsp3) is 0.732. The lowest BCUT2D eigenvalue weighted by Gasteiger charge is -2.51. The molecule has 0 radical (unpaired) electrons. The highest BCUT2D eigenvalue weighted by Gasteiger charge is 2.57. The van der Waals surface area contributed by atoms with Crippen LogP contribution in [0.4, 0.5) is 0 Å². The minimum absolute atomic E-state index is 0.273. The van der Waals surface area contributed by atoms with Gasteiger partial charge in [-0.15, -0.1) is 0 Å². The molecule has 6 aliphatic heterocycles. The summed E-state index contributed by atoms with van der Waals surface area (Å²) < 4.78 is 55.9. The molecule has 6 heterocycles. The normalized spacial score (nSPS) is 34.7. The third kappa shape index (κ3) is 29.9. The van der Waals surface area contributed by atoms with Gasteiger partial charge >= 0.3 is 29.8 Å². The zero-order valence-corrected chi connectivity index (χ0v) is 67.8. The fourth-order valence-electron chi connectivity index (χ4n) is 13.3. The maximum absolute atomic E-state index is 14.6. The van der Waals surface area contributed by atoms with E-state index in [1.54, 1.807) is 0 Å². The van der Waals surface area contributed by atoms with E-state index in [1.165, 1.54) is 0 Å². The molecule has 0 aromatic rings. The molecular formula is C71H111N13O38. The maximum atomic E-state index is 14.6. The third-order valence-corrected chi connectivity index (χ3v) is 19.8. The van der Waals surface area contributed by atoms with E-state index in [4.69, 9.17) is 48.4 Å². The van der Waals surface area contributed by atoms with Crippen LogP contribution in [0.5, 0.6) is 0 Å². The Hall–Kier alpha value is -10.1. The van der Waals surface area contributed by atoms with Gasteiger partial charge in [-0.05, 0) is 86.0 Å². The summed E-state index contributed by atoms with van der Waals surface area (Å²) >= 11 is 0. The molecule has 12 amide bonds. The highest BCUT2D eigenvalue weighted by Crippen LogP contribution is 2.37. The van der Waals surface area contributed by atoms with Crippen molar-refractivity contribution < 1.29 is 185 Å². The number of aliphatic carboxylic acids is 5. The zero-order chi connectivity index (χ0) is 91.6. The first-order valence-corrected chi connectivity index (χ1v) is 38.7. The van der Waals surface area contributed by atoms with Crippen LogP contribution in [0.25, 0.3) is 0 Å². The smallest absolute Gasteiger partial charge is 0.326 e. The summed E-state index contributed by atoms with van der Waals surface area (Å²) in [5.41, 5.74) is 5.36. The van der Waals surface area contributed by atoms with Crippen LogP contribution < -0.4 is 69.5 Å². The van der Waals surface area contributed by atoms with Gasteiger partial charge in [-0.2, -0.15) is 0 Å². The Bertz CT molecular complexity index is 3730. The molecule has 29 atom stereocenters. The number of amides is 12. The number of aliphatic hydroxyl groups excluding tert-OH is 7. The lowest BCUT2D eigenvalue weighted by molar-refractivity contribution is -0.361. The van der Waals surface area contributed by atoms with E-state index < -0.39 is 355 Å². The molecule has 0 aromatic carbocycles. The molecule has 0 spiro atoms. The lowest BCUT2D eigenvalue weighted by atomic mass is 9.93. The van der Waals surface area contributed by atoms with Crippen molar-refractivity contribution in [3.63, 3.8) is 0 Å². The van der Waals surface area contributed by atoms with Crippen molar-refractivity contribution >= 4 is 101 Å². The van der Waals surface area contributed by atoms with Crippen LogP contribution in [0.2, 0.25) is 0 Å². The number of fused-ring (bicyclic) bond motifs is 32. The fourth-order valence-corrected chi connectivity index (χ4v) is 13.3. The average molecular weight is 1750 g/mol. The largest absolute Gasteiger partial charge is 0.491 e. The van der Waals surface area contributed by atoms with Crippen molar-refractivity contribution in [1.82, 2.24) is 63.8 Å².